The Morgan fingerprint density at radius 1 is 1.42 bits per heavy atom. The minimum Gasteiger partial charge on any atom is -0.351 e. The van der Waals surface area contributed by atoms with Gasteiger partial charge in [0.1, 0.15) is 11.9 Å². The number of nitrogens with zero attached hydrogens (tertiary/aromatic N) is 2. The van der Waals surface area contributed by atoms with Crippen molar-refractivity contribution in [2.24, 2.45) is 11.8 Å². The van der Waals surface area contributed by atoms with Crippen LogP contribution in [-0.2, 0) is 14.4 Å². The van der Waals surface area contributed by atoms with E-state index in [-0.39, 0.29) is 36.7 Å². The summed E-state index contributed by atoms with van der Waals surface area (Å²) in [5, 5.41) is 5.46. The molecule has 1 aromatic heterocycles. The van der Waals surface area contributed by atoms with E-state index in [0.29, 0.717) is 23.2 Å². The molecule has 1 aliphatic carbocycles. The predicted molar refractivity (Wildman–Crippen MR) is 125 cm³/mol. The highest BCUT2D eigenvalue weighted by Gasteiger charge is 2.46. The first-order valence-corrected chi connectivity index (χ1v) is 11.2. The van der Waals surface area contributed by atoms with Crippen LogP contribution in [0.5, 0.6) is 0 Å². The zero-order valence-corrected chi connectivity index (χ0v) is 19.2. The van der Waals surface area contributed by atoms with E-state index in [1.54, 1.807) is 13.1 Å². The van der Waals surface area contributed by atoms with E-state index in [1.807, 2.05) is 6.92 Å². The average molecular weight is 469 g/mol. The second-order valence-corrected chi connectivity index (χ2v) is 8.84. The first kappa shape index (κ1) is 24.1. The van der Waals surface area contributed by atoms with E-state index < -0.39 is 17.8 Å². The maximum absolute atomic E-state index is 13.5. The number of carbonyl (C=O) groups is 3. The van der Waals surface area contributed by atoms with E-state index in [0.717, 1.165) is 11.0 Å². The van der Waals surface area contributed by atoms with Gasteiger partial charge in [0.15, 0.2) is 0 Å². The minimum atomic E-state index is -1.000. The first-order valence-electron chi connectivity index (χ1n) is 10.4. The summed E-state index contributed by atoms with van der Waals surface area (Å²) in [7, 11) is 0. The van der Waals surface area contributed by atoms with E-state index in [9.17, 15) is 18.8 Å². The van der Waals surface area contributed by atoms with Crippen molar-refractivity contribution < 1.29 is 18.8 Å². The summed E-state index contributed by atoms with van der Waals surface area (Å²) in [5.74, 6) is 0.533. The second kappa shape index (κ2) is 10.4. The highest BCUT2D eigenvalue weighted by Crippen LogP contribution is 2.41. The Labute approximate surface area is 196 Å². The van der Waals surface area contributed by atoms with Gasteiger partial charge in [-0.1, -0.05) is 6.58 Å². The van der Waals surface area contributed by atoms with Crippen LogP contribution in [0.1, 0.15) is 28.5 Å². The third kappa shape index (κ3) is 5.65. The second-order valence-electron chi connectivity index (χ2n) is 7.83. The molecular weight excluding hydrogens is 443 g/mol. The van der Waals surface area contributed by atoms with Crippen molar-refractivity contribution in [3.63, 3.8) is 0 Å². The predicted octanol–water partition coefficient (Wildman–Crippen LogP) is 2.98. The highest BCUT2D eigenvalue weighted by molar-refractivity contribution is 7.05. The molecule has 3 amide bonds. The molecule has 0 saturated heterocycles. The minimum absolute atomic E-state index is 0.0853. The molecule has 1 aliphatic rings. The summed E-state index contributed by atoms with van der Waals surface area (Å²) in [5.41, 5.74) is 1.57. The lowest BCUT2D eigenvalue weighted by molar-refractivity contribution is -0.140. The summed E-state index contributed by atoms with van der Waals surface area (Å²) in [6.07, 6.45) is 8.75. The molecule has 1 heterocycles. The number of terminal acetylenes is 1. The van der Waals surface area contributed by atoms with Crippen LogP contribution in [0.15, 0.2) is 37.1 Å². The highest BCUT2D eigenvalue weighted by atomic mass is 32.1. The van der Waals surface area contributed by atoms with Crippen molar-refractivity contribution >= 4 is 34.9 Å². The van der Waals surface area contributed by atoms with Gasteiger partial charge in [0.2, 0.25) is 11.8 Å². The maximum atomic E-state index is 13.5. The molecule has 0 aliphatic heterocycles. The van der Waals surface area contributed by atoms with Crippen LogP contribution in [0.4, 0.5) is 10.1 Å². The lowest BCUT2D eigenvalue weighted by Crippen LogP contribution is -2.46. The van der Waals surface area contributed by atoms with Crippen molar-refractivity contribution in [1.82, 2.24) is 14.6 Å². The molecule has 0 spiro atoms. The SMILES string of the molecule is C#C[C@H]1C[C@H]1C(=O)N(CCNC(=O)C=C)C(C(=O)Nc1ccc(F)cc1C)c1cnsc1C. The molecular formula is C24H25FN4O3S. The van der Waals surface area contributed by atoms with Crippen LogP contribution in [0.3, 0.4) is 0 Å². The zero-order valence-electron chi connectivity index (χ0n) is 18.4. The number of nitrogens with one attached hydrogen (secondary N) is 2. The number of hydrogen-bond donors (Lipinski definition) is 2. The summed E-state index contributed by atoms with van der Waals surface area (Å²) in [6.45, 7) is 7.13. The van der Waals surface area contributed by atoms with Gasteiger partial charge in [0.25, 0.3) is 5.91 Å². The number of aromatic nitrogens is 1. The molecule has 3 atom stereocenters. The Morgan fingerprint density at radius 3 is 2.76 bits per heavy atom. The van der Waals surface area contributed by atoms with Gasteiger partial charge in [-0.15, -0.1) is 12.3 Å². The van der Waals surface area contributed by atoms with Gasteiger partial charge in [-0.05, 0) is 61.6 Å². The molecule has 1 saturated carbocycles. The molecule has 2 N–H and O–H groups in total. The number of halogens is 1. The normalized spacial score (nSPS) is 17.4. The number of hydrogen-bond acceptors (Lipinski definition) is 5. The van der Waals surface area contributed by atoms with Gasteiger partial charge >= 0.3 is 0 Å². The first-order chi connectivity index (χ1) is 15.8. The lowest BCUT2D eigenvalue weighted by atomic mass is 10.0. The largest absolute Gasteiger partial charge is 0.351 e. The molecule has 0 radical (unpaired) electrons. The Hall–Kier alpha value is -3.51. The fraction of sp³-hybridized carbons (Fsp3) is 0.333. The number of carbonyl (C=O) groups excluding carboxylic acids is 3. The molecule has 33 heavy (non-hydrogen) atoms. The summed E-state index contributed by atoms with van der Waals surface area (Å²) in [4.78, 5) is 40.8. The average Bonchev–Trinajstić information content (AvgIpc) is 3.47. The third-order valence-corrected chi connectivity index (χ3v) is 6.25. The number of rotatable bonds is 9. The summed E-state index contributed by atoms with van der Waals surface area (Å²) < 4.78 is 17.7. The van der Waals surface area contributed by atoms with E-state index >= 15 is 0 Å². The van der Waals surface area contributed by atoms with E-state index in [2.05, 4.69) is 27.5 Å². The van der Waals surface area contributed by atoms with Crippen LogP contribution < -0.4 is 10.6 Å². The molecule has 172 valence electrons. The number of anilines is 1. The summed E-state index contributed by atoms with van der Waals surface area (Å²) >= 11 is 1.22. The van der Waals surface area contributed by atoms with Gasteiger partial charge in [-0.25, -0.2) is 8.76 Å². The van der Waals surface area contributed by atoms with Crippen molar-refractivity contribution in [2.45, 2.75) is 26.3 Å². The number of benzene rings is 1. The summed E-state index contributed by atoms with van der Waals surface area (Å²) in [6, 6.07) is 3.05. The monoisotopic (exact) mass is 468 g/mol. The van der Waals surface area contributed by atoms with Gasteiger partial charge in [0.05, 0.1) is 5.92 Å². The van der Waals surface area contributed by atoms with Gasteiger partial charge in [-0.3, -0.25) is 14.4 Å². The Balaban J connectivity index is 1.94. The zero-order chi connectivity index (χ0) is 24.1. The molecule has 7 nitrogen and oxygen atoms in total. The van der Waals surface area contributed by atoms with Crippen molar-refractivity contribution in [2.75, 3.05) is 18.4 Å². The molecule has 1 unspecified atom stereocenters. The number of aryl methyl sites for hydroxylation is 2. The molecule has 1 aromatic carbocycles. The Morgan fingerprint density at radius 2 is 2.18 bits per heavy atom. The van der Waals surface area contributed by atoms with Gasteiger partial charge in [0, 0.05) is 41.3 Å². The molecule has 1 fully saturated rings. The molecule has 9 heteroatoms. The quantitative estimate of drug-likeness (QED) is 0.437. The van der Waals surface area contributed by atoms with Gasteiger partial charge < -0.3 is 15.5 Å². The lowest BCUT2D eigenvalue weighted by Gasteiger charge is -2.31. The van der Waals surface area contributed by atoms with Crippen LogP contribution in [0, 0.1) is 43.8 Å². The van der Waals surface area contributed by atoms with E-state index in [1.165, 1.54) is 34.6 Å². The van der Waals surface area contributed by atoms with Crippen LogP contribution >= 0.6 is 11.5 Å². The van der Waals surface area contributed by atoms with Crippen LogP contribution in [-0.4, -0.2) is 40.1 Å². The molecule has 2 aromatic rings. The van der Waals surface area contributed by atoms with E-state index in [4.69, 9.17) is 6.42 Å². The fourth-order valence-corrected chi connectivity index (χ4v) is 4.19. The van der Waals surface area contributed by atoms with Gasteiger partial charge in [-0.2, -0.15) is 0 Å². The third-order valence-electron chi connectivity index (χ3n) is 5.53. The Kier molecular flexibility index (Phi) is 7.61. The fourth-order valence-electron chi connectivity index (χ4n) is 3.59. The van der Waals surface area contributed by atoms with Crippen molar-refractivity contribution in [3.8, 4) is 12.3 Å². The van der Waals surface area contributed by atoms with Crippen LogP contribution in [0.25, 0.3) is 0 Å². The smallest absolute Gasteiger partial charge is 0.251 e. The molecule has 3 rings (SSSR count). The number of amides is 3. The molecule has 0 bridgehead atoms. The topological polar surface area (TPSA) is 91.4 Å². The Bertz CT molecular complexity index is 1120. The van der Waals surface area contributed by atoms with Crippen molar-refractivity contribution in [1.29, 1.82) is 0 Å². The van der Waals surface area contributed by atoms with Crippen LogP contribution in [0.2, 0.25) is 0 Å². The standard InChI is InChI=1S/C24H25FN4O3S/c1-5-16-12-18(16)24(32)29(10-9-26-21(30)6-2)22(19-13-27-33-15(19)4)23(31)28-20-8-7-17(25)11-14(20)3/h1,6-8,11,13,16,18,22H,2,9-10,12H2,3-4H3,(H,26,30)(H,28,31)/t16-,18+,22?/m0/s1. The maximum Gasteiger partial charge on any atom is 0.251 e. The van der Waals surface area contributed by atoms with Crippen molar-refractivity contribution in [3.05, 3.63) is 58.9 Å².